The number of aliphatic hydroxyl groups is 1. The zero-order chi connectivity index (χ0) is 19.1. The number of nitrogens with zero attached hydrogens (tertiary/aromatic N) is 1. The van der Waals surface area contributed by atoms with Crippen molar-refractivity contribution < 1.29 is 18.3 Å². The highest BCUT2D eigenvalue weighted by Crippen LogP contribution is 2.24. The normalized spacial score (nSPS) is 14.3. The number of benzene rings is 1. The number of halogens is 3. The molecule has 0 radical (unpaired) electrons. The van der Waals surface area contributed by atoms with Gasteiger partial charge in [-0.05, 0) is 23.5 Å². The van der Waals surface area contributed by atoms with Crippen molar-refractivity contribution in [2.45, 2.75) is 51.8 Å². The third kappa shape index (κ3) is 8.25. The zero-order valence-corrected chi connectivity index (χ0v) is 15.2. The average molecular weight is 359 g/mol. The minimum absolute atomic E-state index is 0.0300. The summed E-state index contributed by atoms with van der Waals surface area (Å²) in [6.07, 6.45) is -5.96. The molecule has 1 aromatic carbocycles. The zero-order valence-electron chi connectivity index (χ0n) is 15.2. The summed E-state index contributed by atoms with van der Waals surface area (Å²) in [4.78, 5) is 4.16. The first kappa shape index (κ1) is 21.3. The van der Waals surface area contributed by atoms with Crippen LogP contribution in [0.15, 0.2) is 29.3 Å². The summed E-state index contributed by atoms with van der Waals surface area (Å²) in [6.45, 7) is 8.48. The van der Waals surface area contributed by atoms with E-state index in [-0.39, 0.29) is 24.5 Å². The van der Waals surface area contributed by atoms with Crippen molar-refractivity contribution in [1.29, 1.82) is 0 Å². The van der Waals surface area contributed by atoms with E-state index < -0.39 is 18.7 Å². The molecule has 0 aliphatic heterocycles. The van der Waals surface area contributed by atoms with Crippen LogP contribution in [0.25, 0.3) is 0 Å². The summed E-state index contributed by atoms with van der Waals surface area (Å²) in [5.74, 6) is 0.261. The lowest BCUT2D eigenvalue weighted by atomic mass is 9.86. The molecule has 0 aliphatic rings. The number of hydrogen-bond acceptors (Lipinski definition) is 2. The minimum Gasteiger partial charge on any atom is -0.386 e. The van der Waals surface area contributed by atoms with Gasteiger partial charge in [-0.25, -0.2) is 0 Å². The average Bonchev–Trinajstić information content (AvgIpc) is 2.50. The smallest absolute Gasteiger partial charge is 0.386 e. The molecule has 0 fully saturated rings. The highest BCUT2D eigenvalue weighted by molar-refractivity contribution is 5.79. The lowest BCUT2D eigenvalue weighted by molar-refractivity contribution is -0.132. The first-order chi connectivity index (χ1) is 11.5. The van der Waals surface area contributed by atoms with E-state index in [1.165, 1.54) is 0 Å². The molecule has 142 valence electrons. The first-order valence-corrected chi connectivity index (χ1v) is 8.40. The van der Waals surface area contributed by atoms with E-state index in [2.05, 4.69) is 36.4 Å². The summed E-state index contributed by atoms with van der Waals surface area (Å²) < 4.78 is 36.6. The molecule has 0 aromatic heterocycles. The number of aliphatic imine (C=N–C) groups is 1. The van der Waals surface area contributed by atoms with Crippen molar-refractivity contribution in [1.82, 2.24) is 10.6 Å². The topological polar surface area (TPSA) is 56.7 Å². The van der Waals surface area contributed by atoms with E-state index in [1.807, 2.05) is 31.2 Å². The van der Waals surface area contributed by atoms with Gasteiger partial charge in [-0.15, -0.1) is 0 Å². The number of alkyl halides is 3. The van der Waals surface area contributed by atoms with Gasteiger partial charge in [0, 0.05) is 13.1 Å². The van der Waals surface area contributed by atoms with Gasteiger partial charge in [-0.2, -0.15) is 13.2 Å². The van der Waals surface area contributed by atoms with Crippen molar-refractivity contribution in [2.75, 3.05) is 19.6 Å². The molecule has 1 atom stereocenters. The van der Waals surface area contributed by atoms with Gasteiger partial charge in [0.1, 0.15) is 0 Å². The van der Waals surface area contributed by atoms with Crippen LogP contribution in [0.3, 0.4) is 0 Å². The van der Waals surface area contributed by atoms with Crippen molar-refractivity contribution in [3.8, 4) is 0 Å². The highest BCUT2D eigenvalue weighted by atomic mass is 19.4. The molecule has 0 saturated heterocycles. The van der Waals surface area contributed by atoms with Crippen molar-refractivity contribution >= 4 is 5.96 Å². The van der Waals surface area contributed by atoms with Gasteiger partial charge in [-0.3, -0.25) is 4.99 Å². The second-order valence-corrected chi connectivity index (χ2v) is 6.90. The van der Waals surface area contributed by atoms with Crippen LogP contribution in [0.2, 0.25) is 0 Å². The Bertz CT molecular complexity index is 548. The fraction of sp³-hybridized carbons (Fsp3) is 0.611. The molecule has 4 nitrogen and oxygen atoms in total. The maximum absolute atomic E-state index is 12.2. The number of guanidine groups is 1. The molecule has 1 unspecified atom stereocenters. The molecule has 1 rings (SSSR count). The van der Waals surface area contributed by atoms with E-state index in [9.17, 15) is 18.3 Å². The van der Waals surface area contributed by atoms with Crippen molar-refractivity contribution in [3.05, 3.63) is 35.4 Å². The highest BCUT2D eigenvalue weighted by Gasteiger charge is 2.26. The third-order valence-corrected chi connectivity index (χ3v) is 3.63. The molecule has 3 N–H and O–H groups in total. The molecule has 0 aliphatic carbocycles. The minimum atomic E-state index is -4.21. The number of nitrogens with one attached hydrogen (secondary N) is 2. The standard InChI is InChI=1S/C18H28F3N3O/c1-5-22-16(23-11-10-18(19,20)21)24-12-15(25)13-6-8-14(9-7-13)17(2,3)4/h6-9,15,25H,5,10-12H2,1-4H3,(H2,22,23,24). The Hall–Kier alpha value is -1.76. The van der Waals surface area contributed by atoms with Crippen molar-refractivity contribution in [3.63, 3.8) is 0 Å². The number of aliphatic hydroxyl groups excluding tert-OH is 1. The lowest BCUT2D eigenvalue weighted by Crippen LogP contribution is -2.39. The fourth-order valence-electron chi connectivity index (χ4n) is 2.15. The van der Waals surface area contributed by atoms with E-state index in [1.54, 1.807) is 0 Å². The van der Waals surface area contributed by atoms with Crippen molar-refractivity contribution in [2.24, 2.45) is 4.99 Å². The second-order valence-electron chi connectivity index (χ2n) is 6.90. The first-order valence-electron chi connectivity index (χ1n) is 8.40. The molecular weight excluding hydrogens is 331 g/mol. The molecule has 7 heteroatoms. The maximum atomic E-state index is 12.2. The third-order valence-electron chi connectivity index (χ3n) is 3.63. The Morgan fingerprint density at radius 3 is 2.20 bits per heavy atom. The van der Waals surface area contributed by atoms with Crippen LogP contribution in [0.1, 0.15) is 51.3 Å². The van der Waals surface area contributed by atoms with Gasteiger partial charge in [0.2, 0.25) is 0 Å². The van der Waals surface area contributed by atoms with E-state index in [0.29, 0.717) is 6.54 Å². The molecule has 0 heterocycles. The maximum Gasteiger partial charge on any atom is 0.390 e. The van der Waals surface area contributed by atoms with Gasteiger partial charge >= 0.3 is 6.18 Å². The lowest BCUT2D eigenvalue weighted by Gasteiger charge is -2.20. The van der Waals surface area contributed by atoms with E-state index in [0.717, 1.165) is 11.1 Å². The second kappa shape index (κ2) is 9.08. The van der Waals surface area contributed by atoms with Crippen LogP contribution in [-0.4, -0.2) is 36.9 Å². The summed E-state index contributed by atoms with van der Waals surface area (Å²) in [5.41, 5.74) is 1.92. The molecule has 0 bridgehead atoms. The fourth-order valence-corrected chi connectivity index (χ4v) is 2.15. The Kier molecular flexibility index (Phi) is 7.73. The Balaban J connectivity index is 2.65. The van der Waals surface area contributed by atoms with Gasteiger partial charge in [0.15, 0.2) is 5.96 Å². The molecule has 0 amide bonds. The van der Waals surface area contributed by atoms with E-state index >= 15 is 0 Å². The van der Waals surface area contributed by atoms with Crippen LogP contribution in [0, 0.1) is 0 Å². The predicted molar refractivity (Wildman–Crippen MR) is 94.8 cm³/mol. The van der Waals surface area contributed by atoms with Gasteiger partial charge in [0.25, 0.3) is 0 Å². The molecular formula is C18H28F3N3O. The van der Waals surface area contributed by atoms with Crippen LogP contribution in [0.4, 0.5) is 13.2 Å². The van der Waals surface area contributed by atoms with Crippen LogP contribution < -0.4 is 10.6 Å². The quantitative estimate of drug-likeness (QED) is 0.538. The molecule has 25 heavy (non-hydrogen) atoms. The number of hydrogen-bond donors (Lipinski definition) is 3. The summed E-state index contributed by atoms with van der Waals surface area (Å²) in [6, 6.07) is 7.64. The number of rotatable bonds is 6. The summed E-state index contributed by atoms with van der Waals surface area (Å²) >= 11 is 0. The van der Waals surface area contributed by atoms with Crippen LogP contribution >= 0.6 is 0 Å². The molecule has 1 aromatic rings. The van der Waals surface area contributed by atoms with Crippen LogP contribution in [-0.2, 0) is 5.41 Å². The molecule has 0 spiro atoms. The Morgan fingerprint density at radius 1 is 1.12 bits per heavy atom. The largest absolute Gasteiger partial charge is 0.390 e. The Labute approximate surface area is 147 Å². The predicted octanol–water partition coefficient (Wildman–Crippen LogP) is 3.53. The van der Waals surface area contributed by atoms with Gasteiger partial charge < -0.3 is 15.7 Å². The van der Waals surface area contributed by atoms with E-state index in [4.69, 9.17) is 0 Å². The SMILES string of the molecule is CCNC(=NCC(O)c1ccc(C(C)(C)C)cc1)NCCC(F)(F)F. The van der Waals surface area contributed by atoms with Crippen LogP contribution in [0.5, 0.6) is 0 Å². The summed E-state index contributed by atoms with van der Waals surface area (Å²) in [5, 5.41) is 15.7. The summed E-state index contributed by atoms with van der Waals surface area (Å²) in [7, 11) is 0. The van der Waals surface area contributed by atoms with Gasteiger partial charge in [-0.1, -0.05) is 45.0 Å². The monoisotopic (exact) mass is 359 g/mol. The molecule has 0 saturated carbocycles. The van der Waals surface area contributed by atoms with Gasteiger partial charge in [0.05, 0.1) is 19.1 Å². The Morgan fingerprint density at radius 2 is 1.72 bits per heavy atom.